The molecule has 128 valence electrons. The van der Waals surface area contributed by atoms with Crippen molar-refractivity contribution in [3.63, 3.8) is 0 Å². The molecular formula is C19H21ClO4. The van der Waals surface area contributed by atoms with Crippen molar-refractivity contribution in [1.82, 2.24) is 0 Å². The number of aryl methyl sites for hydroxylation is 1. The molecule has 0 aliphatic carbocycles. The second-order valence-corrected chi connectivity index (χ2v) is 5.86. The van der Waals surface area contributed by atoms with Crippen LogP contribution in [0.25, 0.3) is 0 Å². The quantitative estimate of drug-likeness (QED) is 0.766. The molecule has 24 heavy (non-hydrogen) atoms. The van der Waals surface area contributed by atoms with Gasteiger partial charge in [0.2, 0.25) is 6.10 Å². The van der Waals surface area contributed by atoms with E-state index in [0.717, 1.165) is 24.0 Å². The lowest BCUT2D eigenvalue weighted by molar-refractivity contribution is -0.149. The monoisotopic (exact) mass is 348 g/mol. The van der Waals surface area contributed by atoms with Crippen molar-refractivity contribution >= 4 is 17.6 Å². The summed E-state index contributed by atoms with van der Waals surface area (Å²) in [7, 11) is 1.32. The van der Waals surface area contributed by atoms with Crippen molar-refractivity contribution in [2.45, 2.75) is 32.5 Å². The lowest BCUT2D eigenvalue weighted by atomic mass is 10.0. The van der Waals surface area contributed by atoms with E-state index in [2.05, 4.69) is 6.92 Å². The zero-order chi connectivity index (χ0) is 17.5. The van der Waals surface area contributed by atoms with Gasteiger partial charge in [0.25, 0.3) is 0 Å². The van der Waals surface area contributed by atoms with Gasteiger partial charge in [-0.05, 0) is 41.8 Å². The summed E-state index contributed by atoms with van der Waals surface area (Å²) < 4.78 is 10.9. The summed E-state index contributed by atoms with van der Waals surface area (Å²) in [4.78, 5) is 12.2. The molecular weight excluding hydrogens is 328 g/mol. The number of hydrogen-bond acceptors (Lipinski definition) is 4. The molecule has 4 nitrogen and oxygen atoms in total. The second kappa shape index (κ2) is 8.71. The van der Waals surface area contributed by atoms with Crippen LogP contribution in [0.1, 0.15) is 36.1 Å². The number of carbonyl (C=O) groups excluding carboxylic acids is 1. The van der Waals surface area contributed by atoms with Gasteiger partial charge >= 0.3 is 5.97 Å². The number of halogens is 1. The van der Waals surface area contributed by atoms with E-state index in [1.54, 1.807) is 36.4 Å². The fourth-order valence-electron chi connectivity index (χ4n) is 2.47. The molecule has 1 N–H and O–H groups in total. The summed E-state index contributed by atoms with van der Waals surface area (Å²) in [6.07, 6.45) is 0.807. The minimum Gasteiger partial charge on any atom is -0.474 e. The highest BCUT2D eigenvalue weighted by atomic mass is 35.5. The van der Waals surface area contributed by atoms with Crippen molar-refractivity contribution in [3.05, 3.63) is 64.2 Å². The van der Waals surface area contributed by atoms with E-state index in [1.165, 1.54) is 7.11 Å². The molecule has 0 aromatic heterocycles. The molecule has 0 fully saturated rings. The summed E-state index contributed by atoms with van der Waals surface area (Å²) in [5.41, 5.74) is 2.38. The van der Waals surface area contributed by atoms with E-state index in [4.69, 9.17) is 21.1 Å². The van der Waals surface area contributed by atoms with Gasteiger partial charge in [0.15, 0.2) is 0 Å². The summed E-state index contributed by atoms with van der Waals surface area (Å²) >= 11 is 6.02. The van der Waals surface area contributed by atoms with Crippen LogP contribution in [-0.2, 0) is 22.6 Å². The van der Waals surface area contributed by atoms with Gasteiger partial charge in [-0.25, -0.2) is 4.79 Å². The fraction of sp³-hybridized carbons (Fsp3) is 0.316. The van der Waals surface area contributed by atoms with E-state index in [1.807, 2.05) is 6.07 Å². The highest BCUT2D eigenvalue weighted by molar-refractivity contribution is 6.30. The number of aliphatic hydroxyl groups excluding tert-OH is 1. The molecule has 0 spiro atoms. The Labute approximate surface area is 147 Å². The predicted octanol–water partition coefficient (Wildman–Crippen LogP) is 4.08. The SMILES string of the molecule is CCCc1cc(CO)ccc1OC(C(=O)OC)c1cccc(Cl)c1. The molecule has 0 aliphatic heterocycles. The third-order valence-corrected chi connectivity index (χ3v) is 3.87. The maximum atomic E-state index is 12.2. The highest BCUT2D eigenvalue weighted by Gasteiger charge is 2.25. The average molecular weight is 349 g/mol. The third kappa shape index (κ3) is 4.49. The Morgan fingerprint density at radius 2 is 2.04 bits per heavy atom. The van der Waals surface area contributed by atoms with Gasteiger partial charge in [-0.1, -0.05) is 43.1 Å². The van der Waals surface area contributed by atoms with Crippen LogP contribution in [-0.4, -0.2) is 18.2 Å². The Morgan fingerprint density at radius 3 is 2.67 bits per heavy atom. The van der Waals surface area contributed by atoms with Gasteiger partial charge in [0, 0.05) is 10.6 Å². The highest BCUT2D eigenvalue weighted by Crippen LogP contribution is 2.29. The normalized spacial score (nSPS) is 11.8. The molecule has 2 aromatic carbocycles. The topological polar surface area (TPSA) is 55.8 Å². The van der Waals surface area contributed by atoms with Crippen molar-refractivity contribution in [3.8, 4) is 5.75 Å². The van der Waals surface area contributed by atoms with E-state index in [0.29, 0.717) is 16.3 Å². The van der Waals surface area contributed by atoms with Crippen LogP contribution < -0.4 is 4.74 Å². The van der Waals surface area contributed by atoms with E-state index in [-0.39, 0.29) is 6.61 Å². The molecule has 1 unspecified atom stereocenters. The lowest BCUT2D eigenvalue weighted by Crippen LogP contribution is -2.20. The first-order chi connectivity index (χ1) is 11.6. The molecule has 5 heteroatoms. The van der Waals surface area contributed by atoms with Crippen LogP contribution in [0.2, 0.25) is 5.02 Å². The Morgan fingerprint density at radius 1 is 1.25 bits per heavy atom. The van der Waals surface area contributed by atoms with Gasteiger partial charge in [-0.15, -0.1) is 0 Å². The molecule has 0 radical (unpaired) electrons. The number of benzene rings is 2. The zero-order valence-corrected chi connectivity index (χ0v) is 14.5. The predicted molar refractivity (Wildman–Crippen MR) is 93.2 cm³/mol. The number of esters is 1. The number of hydrogen-bond donors (Lipinski definition) is 1. The number of methoxy groups -OCH3 is 1. The third-order valence-electron chi connectivity index (χ3n) is 3.64. The number of carbonyl (C=O) groups is 1. The van der Waals surface area contributed by atoms with Crippen LogP contribution in [0.15, 0.2) is 42.5 Å². The van der Waals surface area contributed by atoms with Crippen molar-refractivity contribution in [1.29, 1.82) is 0 Å². The Bertz CT molecular complexity index is 700. The van der Waals surface area contributed by atoms with Crippen LogP contribution in [0.3, 0.4) is 0 Å². The van der Waals surface area contributed by atoms with E-state index < -0.39 is 12.1 Å². The van der Waals surface area contributed by atoms with Crippen LogP contribution in [0.5, 0.6) is 5.75 Å². The first-order valence-electron chi connectivity index (χ1n) is 7.81. The largest absolute Gasteiger partial charge is 0.474 e. The summed E-state index contributed by atoms with van der Waals surface area (Å²) in [6, 6.07) is 12.4. The maximum absolute atomic E-state index is 12.2. The van der Waals surface area contributed by atoms with Crippen LogP contribution >= 0.6 is 11.6 Å². The van der Waals surface area contributed by atoms with E-state index >= 15 is 0 Å². The molecule has 2 rings (SSSR count). The molecule has 0 saturated carbocycles. The summed E-state index contributed by atoms with van der Waals surface area (Å²) in [5.74, 6) is 0.107. The Kier molecular flexibility index (Phi) is 6.64. The van der Waals surface area contributed by atoms with Crippen molar-refractivity contribution in [2.24, 2.45) is 0 Å². The summed E-state index contributed by atoms with van der Waals surface area (Å²) in [5, 5.41) is 9.83. The number of aliphatic hydroxyl groups is 1. The van der Waals surface area contributed by atoms with E-state index in [9.17, 15) is 9.90 Å². The zero-order valence-electron chi connectivity index (χ0n) is 13.8. The number of rotatable bonds is 7. The van der Waals surface area contributed by atoms with Gasteiger partial charge < -0.3 is 14.6 Å². The molecule has 0 aliphatic rings. The Balaban J connectivity index is 2.38. The number of ether oxygens (including phenoxy) is 2. The average Bonchev–Trinajstić information content (AvgIpc) is 2.60. The van der Waals surface area contributed by atoms with Gasteiger partial charge in [0.1, 0.15) is 5.75 Å². The Hall–Kier alpha value is -2.04. The fourth-order valence-corrected chi connectivity index (χ4v) is 2.67. The molecule has 0 saturated heterocycles. The molecule has 0 amide bonds. The van der Waals surface area contributed by atoms with Gasteiger partial charge in [0.05, 0.1) is 13.7 Å². The van der Waals surface area contributed by atoms with Gasteiger partial charge in [-0.2, -0.15) is 0 Å². The minimum atomic E-state index is -0.899. The van der Waals surface area contributed by atoms with Crippen LogP contribution in [0.4, 0.5) is 0 Å². The first-order valence-corrected chi connectivity index (χ1v) is 8.19. The van der Waals surface area contributed by atoms with Crippen molar-refractivity contribution in [2.75, 3.05) is 7.11 Å². The first kappa shape index (κ1) is 18.3. The molecule has 0 bridgehead atoms. The maximum Gasteiger partial charge on any atom is 0.351 e. The minimum absolute atomic E-state index is 0.0360. The standard InChI is InChI=1S/C19H21ClO4/c1-3-5-14-10-13(12-21)8-9-17(14)24-18(19(22)23-2)15-6-4-7-16(20)11-15/h4,6-11,18,21H,3,5,12H2,1-2H3. The smallest absolute Gasteiger partial charge is 0.351 e. The molecule has 0 heterocycles. The van der Waals surface area contributed by atoms with Crippen LogP contribution in [0, 0.1) is 0 Å². The molecule has 1 atom stereocenters. The van der Waals surface area contributed by atoms with Crippen molar-refractivity contribution < 1.29 is 19.4 Å². The van der Waals surface area contributed by atoms with Gasteiger partial charge in [-0.3, -0.25) is 0 Å². The second-order valence-electron chi connectivity index (χ2n) is 5.43. The summed E-state index contributed by atoms with van der Waals surface area (Å²) in [6.45, 7) is 2.02. The molecule has 2 aromatic rings. The lowest BCUT2D eigenvalue weighted by Gasteiger charge is -2.20.